The first-order valence-corrected chi connectivity index (χ1v) is 6.39. The molecule has 5 nitrogen and oxygen atoms in total. The molecule has 0 unspecified atom stereocenters. The molecule has 0 aliphatic heterocycles. The molecule has 0 aliphatic rings. The summed E-state index contributed by atoms with van der Waals surface area (Å²) in [5, 5.41) is 4.06. The lowest BCUT2D eigenvalue weighted by atomic mass is 10.2. The van der Waals surface area contributed by atoms with Crippen LogP contribution in [0.25, 0.3) is 0 Å². The van der Waals surface area contributed by atoms with Crippen LogP contribution in [0.3, 0.4) is 0 Å². The zero-order valence-corrected chi connectivity index (χ0v) is 11.8. The number of halogens is 3. The van der Waals surface area contributed by atoms with Gasteiger partial charge < -0.3 is 0 Å². The second-order valence-corrected chi connectivity index (χ2v) is 4.96. The molecule has 0 spiro atoms. The molecule has 2 heterocycles. The van der Waals surface area contributed by atoms with Gasteiger partial charge in [-0.05, 0) is 26.8 Å². The maximum atomic E-state index is 12.9. The number of rotatable bonds is 3. The Morgan fingerprint density at radius 1 is 1.33 bits per heavy atom. The van der Waals surface area contributed by atoms with Crippen LogP contribution in [0.4, 0.5) is 13.2 Å². The largest absolute Gasteiger partial charge is 0.433 e. The summed E-state index contributed by atoms with van der Waals surface area (Å²) >= 11 is 0. The van der Waals surface area contributed by atoms with Gasteiger partial charge in [0, 0.05) is 11.8 Å². The van der Waals surface area contributed by atoms with Gasteiger partial charge in [0.15, 0.2) is 0 Å². The van der Waals surface area contributed by atoms with Crippen LogP contribution in [0, 0.1) is 6.92 Å². The van der Waals surface area contributed by atoms with Crippen molar-refractivity contribution in [2.45, 2.75) is 39.5 Å². The Morgan fingerprint density at radius 3 is 2.52 bits per heavy atom. The van der Waals surface area contributed by atoms with Gasteiger partial charge in [0.05, 0.1) is 12.6 Å². The molecule has 2 aromatic heterocycles. The fraction of sp³-hybridized carbons (Fsp3) is 0.462. The summed E-state index contributed by atoms with van der Waals surface area (Å²) in [5.74, 6) is 0.366. The zero-order valence-electron chi connectivity index (χ0n) is 11.8. The quantitative estimate of drug-likeness (QED) is 0.874. The zero-order chi connectivity index (χ0) is 15.8. The molecule has 0 atom stereocenters. The number of pyridine rings is 1. The normalized spacial score (nSPS) is 12.1. The van der Waals surface area contributed by atoms with Gasteiger partial charge in [0.1, 0.15) is 11.5 Å². The second-order valence-electron chi connectivity index (χ2n) is 4.96. The van der Waals surface area contributed by atoms with Crippen LogP contribution in [0.5, 0.6) is 0 Å². The Hall–Kier alpha value is -2.12. The van der Waals surface area contributed by atoms with Crippen LogP contribution in [0.1, 0.15) is 37.0 Å². The Morgan fingerprint density at radius 2 is 2.00 bits per heavy atom. The minimum atomic E-state index is -4.55. The Kier molecular flexibility index (Phi) is 3.89. The van der Waals surface area contributed by atoms with Crippen LogP contribution in [-0.2, 0) is 12.7 Å². The van der Waals surface area contributed by atoms with Gasteiger partial charge >= 0.3 is 11.9 Å². The maximum Gasteiger partial charge on any atom is 0.433 e. The van der Waals surface area contributed by atoms with Crippen molar-refractivity contribution in [3.05, 3.63) is 45.9 Å². The predicted octanol–water partition coefficient (Wildman–Crippen LogP) is 2.40. The molecule has 0 N–H and O–H groups in total. The topological polar surface area (TPSA) is 52.7 Å². The van der Waals surface area contributed by atoms with Crippen molar-refractivity contribution in [1.82, 2.24) is 19.3 Å². The van der Waals surface area contributed by atoms with E-state index in [2.05, 4.69) is 10.1 Å². The predicted molar refractivity (Wildman–Crippen MR) is 70.0 cm³/mol. The Balaban J connectivity index is 2.47. The molecule has 114 valence electrons. The van der Waals surface area contributed by atoms with E-state index in [1.807, 2.05) is 0 Å². The third kappa shape index (κ3) is 2.98. The third-order valence-corrected chi connectivity index (χ3v) is 3.05. The number of hydrogen-bond donors (Lipinski definition) is 0. The summed E-state index contributed by atoms with van der Waals surface area (Å²) in [4.78, 5) is 15.5. The standard InChI is InChI=1S/C13H15F3N4O/c1-8(2)20-12(21)19(9(3)18-20)7-10-5-4-6-17-11(10)13(14,15)16/h4-6,8H,7H2,1-3H3. The van der Waals surface area contributed by atoms with E-state index in [0.717, 1.165) is 6.20 Å². The average Bonchev–Trinajstić information content (AvgIpc) is 2.66. The molecule has 0 fully saturated rings. The van der Waals surface area contributed by atoms with Crippen molar-refractivity contribution in [3.8, 4) is 0 Å². The summed E-state index contributed by atoms with van der Waals surface area (Å²) in [6.07, 6.45) is -3.47. The fourth-order valence-electron chi connectivity index (χ4n) is 2.02. The lowest BCUT2D eigenvalue weighted by Crippen LogP contribution is -2.27. The van der Waals surface area contributed by atoms with E-state index in [9.17, 15) is 18.0 Å². The molecule has 2 rings (SSSR count). The van der Waals surface area contributed by atoms with Gasteiger partial charge in [-0.15, -0.1) is 0 Å². The lowest BCUT2D eigenvalue weighted by Gasteiger charge is -2.11. The van der Waals surface area contributed by atoms with Crippen molar-refractivity contribution in [1.29, 1.82) is 0 Å². The van der Waals surface area contributed by atoms with Gasteiger partial charge in [-0.2, -0.15) is 18.3 Å². The van der Waals surface area contributed by atoms with Crippen LogP contribution < -0.4 is 5.69 Å². The first-order valence-electron chi connectivity index (χ1n) is 6.39. The first-order chi connectivity index (χ1) is 9.71. The molecule has 0 amide bonds. The van der Waals surface area contributed by atoms with Crippen molar-refractivity contribution >= 4 is 0 Å². The number of nitrogens with zero attached hydrogens (tertiary/aromatic N) is 4. The highest BCUT2D eigenvalue weighted by atomic mass is 19.4. The minimum absolute atomic E-state index is 0.0569. The van der Waals surface area contributed by atoms with Crippen molar-refractivity contribution in [2.75, 3.05) is 0 Å². The molecule has 21 heavy (non-hydrogen) atoms. The average molecular weight is 300 g/mol. The molecule has 0 saturated heterocycles. The van der Waals surface area contributed by atoms with E-state index < -0.39 is 17.6 Å². The minimum Gasteiger partial charge on any atom is -0.275 e. The van der Waals surface area contributed by atoms with Crippen LogP contribution in [-0.4, -0.2) is 19.3 Å². The van der Waals surface area contributed by atoms with Gasteiger partial charge in [0.25, 0.3) is 0 Å². The van der Waals surface area contributed by atoms with E-state index in [4.69, 9.17) is 0 Å². The van der Waals surface area contributed by atoms with Crippen LogP contribution in [0.2, 0.25) is 0 Å². The molecule has 2 aromatic rings. The van der Waals surface area contributed by atoms with Gasteiger partial charge in [-0.1, -0.05) is 6.07 Å². The van der Waals surface area contributed by atoms with Crippen LogP contribution >= 0.6 is 0 Å². The maximum absolute atomic E-state index is 12.9. The number of aryl methyl sites for hydroxylation is 1. The van der Waals surface area contributed by atoms with E-state index in [-0.39, 0.29) is 18.2 Å². The smallest absolute Gasteiger partial charge is 0.275 e. The van der Waals surface area contributed by atoms with E-state index in [1.165, 1.54) is 21.4 Å². The summed E-state index contributed by atoms with van der Waals surface area (Å²) < 4.78 is 41.2. The van der Waals surface area contributed by atoms with E-state index in [1.54, 1.807) is 20.8 Å². The molecule has 0 bridgehead atoms. The lowest BCUT2D eigenvalue weighted by molar-refractivity contribution is -0.141. The van der Waals surface area contributed by atoms with Crippen molar-refractivity contribution in [2.24, 2.45) is 0 Å². The Labute approximate surface area is 119 Å². The molecule has 8 heteroatoms. The number of alkyl halides is 3. The highest BCUT2D eigenvalue weighted by Gasteiger charge is 2.35. The summed E-state index contributed by atoms with van der Waals surface area (Å²) in [7, 11) is 0. The van der Waals surface area contributed by atoms with Crippen molar-refractivity contribution < 1.29 is 13.2 Å². The van der Waals surface area contributed by atoms with E-state index in [0.29, 0.717) is 5.82 Å². The van der Waals surface area contributed by atoms with Crippen molar-refractivity contribution in [3.63, 3.8) is 0 Å². The van der Waals surface area contributed by atoms with Crippen LogP contribution in [0.15, 0.2) is 23.1 Å². The highest BCUT2D eigenvalue weighted by Crippen LogP contribution is 2.30. The Bertz CT molecular complexity index is 700. The molecule has 0 aliphatic carbocycles. The third-order valence-electron chi connectivity index (χ3n) is 3.05. The molecular weight excluding hydrogens is 285 g/mol. The molecular formula is C13H15F3N4O. The van der Waals surface area contributed by atoms with Gasteiger partial charge in [-0.3, -0.25) is 9.55 Å². The fourth-order valence-corrected chi connectivity index (χ4v) is 2.02. The molecule has 0 radical (unpaired) electrons. The highest BCUT2D eigenvalue weighted by molar-refractivity contribution is 5.23. The SMILES string of the molecule is Cc1nn(C(C)C)c(=O)n1Cc1cccnc1C(F)(F)F. The first kappa shape index (κ1) is 15.3. The molecule has 0 aromatic carbocycles. The number of hydrogen-bond acceptors (Lipinski definition) is 3. The van der Waals surface area contributed by atoms with Gasteiger partial charge in [0.2, 0.25) is 0 Å². The summed E-state index contributed by atoms with van der Waals surface area (Å²) in [5.41, 5.74) is -1.47. The monoisotopic (exact) mass is 300 g/mol. The molecule has 0 saturated carbocycles. The second kappa shape index (κ2) is 5.34. The van der Waals surface area contributed by atoms with E-state index >= 15 is 0 Å². The summed E-state index contributed by atoms with van der Waals surface area (Å²) in [6, 6.07) is 2.57. The van der Waals surface area contributed by atoms with Gasteiger partial charge in [-0.25, -0.2) is 9.48 Å². The summed E-state index contributed by atoms with van der Waals surface area (Å²) in [6.45, 7) is 4.94. The number of aromatic nitrogens is 4.